The van der Waals surface area contributed by atoms with E-state index in [0.717, 1.165) is 23.2 Å². The molecule has 0 spiro atoms. The van der Waals surface area contributed by atoms with Crippen LogP contribution in [-0.2, 0) is 0 Å². The topological polar surface area (TPSA) is 25.8 Å². The molecule has 2 aromatic heterocycles. The summed E-state index contributed by atoms with van der Waals surface area (Å²) in [5, 5.41) is 0. The first-order valence-corrected chi connectivity index (χ1v) is 5.85. The van der Waals surface area contributed by atoms with Gasteiger partial charge in [-0.05, 0) is 31.0 Å². The molecule has 0 atom stereocenters. The number of hydrogen-bond donors (Lipinski definition) is 0. The van der Waals surface area contributed by atoms with E-state index in [4.69, 9.17) is 0 Å². The van der Waals surface area contributed by atoms with Crippen LogP contribution in [0.4, 0.5) is 0 Å². The normalized spacial score (nSPS) is 10.9. The lowest BCUT2D eigenvalue weighted by Crippen LogP contribution is -1.89. The number of aryl methyl sites for hydroxylation is 1. The lowest BCUT2D eigenvalue weighted by Gasteiger charge is -2.04. The number of allylic oxidation sites excluding steroid dienone is 1. The Morgan fingerprint density at radius 2 is 2.12 bits per heavy atom. The molecule has 0 amide bonds. The van der Waals surface area contributed by atoms with Crippen molar-refractivity contribution in [3.63, 3.8) is 0 Å². The maximum Gasteiger partial charge on any atom is 0.0445 e. The zero-order chi connectivity index (χ0) is 12.1. The van der Waals surface area contributed by atoms with E-state index in [1.165, 1.54) is 5.56 Å². The van der Waals surface area contributed by atoms with Gasteiger partial charge in [-0.15, -0.1) is 0 Å². The first-order chi connectivity index (χ1) is 8.31. The number of rotatable bonds is 3. The van der Waals surface area contributed by atoms with E-state index in [-0.39, 0.29) is 0 Å². The van der Waals surface area contributed by atoms with Crippen molar-refractivity contribution >= 4 is 6.08 Å². The van der Waals surface area contributed by atoms with E-state index in [1.54, 1.807) is 6.20 Å². The fourth-order valence-corrected chi connectivity index (χ4v) is 1.66. The standard InChI is InChI=1S/C15H16N2/c1-3-4-6-13-9-15(11-17-12(13)2)14-7-5-8-16-10-14/h4-11H,3H2,1-2H3/b6-4-. The predicted octanol–water partition coefficient (Wildman–Crippen LogP) is 3.88. The molecule has 0 aromatic carbocycles. The minimum Gasteiger partial charge on any atom is -0.264 e. The van der Waals surface area contributed by atoms with Gasteiger partial charge >= 0.3 is 0 Å². The SMILES string of the molecule is CC/C=C\c1cc(-c2cccnc2)cnc1C. The van der Waals surface area contributed by atoms with Crippen LogP contribution in [0.25, 0.3) is 17.2 Å². The van der Waals surface area contributed by atoms with Crippen LogP contribution in [-0.4, -0.2) is 9.97 Å². The second-order valence-electron chi connectivity index (χ2n) is 3.95. The molecule has 2 heteroatoms. The van der Waals surface area contributed by atoms with Gasteiger partial charge in [0.2, 0.25) is 0 Å². The summed E-state index contributed by atoms with van der Waals surface area (Å²) in [6.07, 6.45) is 10.9. The third-order valence-electron chi connectivity index (χ3n) is 2.65. The van der Waals surface area contributed by atoms with E-state index < -0.39 is 0 Å². The van der Waals surface area contributed by atoms with E-state index in [9.17, 15) is 0 Å². The van der Waals surface area contributed by atoms with E-state index in [2.05, 4.69) is 35.1 Å². The van der Waals surface area contributed by atoms with E-state index in [1.807, 2.05) is 31.5 Å². The largest absolute Gasteiger partial charge is 0.264 e. The van der Waals surface area contributed by atoms with Crippen LogP contribution < -0.4 is 0 Å². The van der Waals surface area contributed by atoms with Gasteiger partial charge in [0.05, 0.1) is 0 Å². The zero-order valence-corrected chi connectivity index (χ0v) is 10.2. The minimum atomic E-state index is 1.04. The Bertz CT molecular complexity index is 516. The molecule has 2 nitrogen and oxygen atoms in total. The number of hydrogen-bond acceptors (Lipinski definition) is 2. The smallest absolute Gasteiger partial charge is 0.0445 e. The molecule has 0 saturated heterocycles. The van der Waals surface area contributed by atoms with Crippen molar-refractivity contribution in [3.8, 4) is 11.1 Å². The Morgan fingerprint density at radius 3 is 2.82 bits per heavy atom. The minimum absolute atomic E-state index is 1.04. The molecule has 2 heterocycles. The van der Waals surface area contributed by atoms with Crippen LogP contribution in [0, 0.1) is 6.92 Å². The fraction of sp³-hybridized carbons (Fsp3) is 0.200. The van der Waals surface area contributed by atoms with Gasteiger partial charge < -0.3 is 0 Å². The van der Waals surface area contributed by atoms with Crippen LogP contribution in [0.15, 0.2) is 42.9 Å². The predicted molar refractivity (Wildman–Crippen MR) is 71.5 cm³/mol. The molecule has 0 bridgehead atoms. The van der Waals surface area contributed by atoms with Gasteiger partial charge in [-0.1, -0.05) is 25.1 Å². The first-order valence-electron chi connectivity index (χ1n) is 5.85. The van der Waals surface area contributed by atoms with Crippen LogP contribution in [0.5, 0.6) is 0 Å². The summed E-state index contributed by atoms with van der Waals surface area (Å²) >= 11 is 0. The monoisotopic (exact) mass is 224 g/mol. The zero-order valence-electron chi connectivity index (χ0n) is 10.2. The molecule has 0 radical (unpaired) electrons. The van der Waals surface area contributed by atoms with Gasteiger partial charge in [0.1, 0.15) is 0 Å². The van der Waals surface area contributed by atoms with Crippen molar-refractivity contribution in [2.75, 3.05) is 0 Å². The number of nitrogens with zero attached hydrogens (tertiary/aromatic N) is 2. The highest BCUT2D eigenvalue weighted by molar-refractivity contribution is 5.66. The molecule has 86 valence electrons. The second kappa shape index (κ2) is 5.39. The van der Waals surface area contributed by atoms with Gasteiger partial charge in [-0.2, -0.15) is 0 Å². The molecule has 0 aliphatic carbocycles. The van der Waals surface area contributed by atoms with Gasteiger partial charge in [0.15, 0.2) is 0 Å². The first kappa shape index (κ1) is 11.5. The third-order valence-corrected chi connectivity index (χ3v) is 2.65. The summed E-state index contributed by atoms with van der Waals surface area (Å²) in [5.74, 6) is 0. The van der Waals surface area contributed by atoms with E-state index >= 15 is 0 Å². The van der Waals surface area contributed by atoms with Crippen LogP contribution in [0.2, 0.25) is 0 Å². The van der Waals surface area contributed by atoms with Crippen molar-refractivity contribution < 1.29 is 0 Å². The van der Waals surface area contributed by atoms with Crippen molar-refractivity contribution in [2.24, 2.45) is 0 Å². The van der Waals surface area contributed by atoms with E-state index in [0.29, 0.717) is 0 Å². The van der Waals surface area contributed by atoms with Crippen molar-refractivity contribution in [2.45, 2.75) is 20.3 Å². The number of pyridine rings is 2. The molecule has 0 N–H and O–H groups in total. The van der Waals surface area contributed by atoms with Gasteiger partial charge in [0, 0.05) is 35.4 Å². The molecule has 0 saturated carbocycles. The highest BCUT2D eigenvalue weighted by Crippen LogP contribution is 2.20. The summed E-state index contributed by atoms with van der Waals surface area (Å²) < 4.78 is 0. The van der Waals surface area contributed by atoms with Crippen molar-refractivity contribution in [3.05, 3.63) is 54.1 Å². The molecule has 17 heavy (non-hydrogen) atoms. The van der Waals surface area contributed by atoms with Crippen molar-refractivity contribution in [1.29, 1.82) is 0 Å². The molecule has 2 aromatic rings. The molecular formula is C15H16N2. The van der Waals surface area contributed by atoms with Gasteiger partial charge in [-0.25, -0.2) is 0 Å². The lowest BCUT2D eigenvalue weighted by molar-refractivity contribution is 1.18. The summed E-state index contributed by atoms with van der Waals surface area (Å²) in [4.78, 5) is 8.56. The Labute approximate surface area is 102 Å². The average Bonchev–Trinajstić information content (AvgIpc) is 2.39. The molecule has 0 aliphatic heterocycles. The van der Waals surface area contributed by atoms with Gasteiger partial charge in [-0.3, -0.25) is 9.97 Å². The quantitative estimate of drug-likeness (QED) is 0.790. The summed E-state index contributed by atoms with van der Waals surface area (Å²) in [7, 11) is 0. The second-order valence-corrected chi connectivity index (χ2v) is 3.95. The Balaban J connectivity index is 2.41. The van der Waals surface area contributed by atoms with Crippen molar-refractivity contribution in [1.82, 2.24) is 9.97 Å². The maximum absolute atomic E-state index is 4.43. The van der Waals surface area contributed by atoms with Crippen LogP contribution in [0.3, 0.4) is 0 Å². The summed E-state index contributed by atoms with van der Waals surface area (Å²) in [6.45, 7) is 4.16. The molecule has 0 fully saturated rings. The maximum atomic E-state index is 4.43. The third kappa shape index (κ3) is 2.78. The van der Waals surface area contributed by atoms with Gasteiger partial charge in [0.25, 0.3) is 0 Å². The molecule has 2 rings (SSSR count). The fourth-order valence-electron chi connectivity index (χ4n) is 1.66. The number of aromatic nitrogens is 2. The van der Waals surface area contributed by atoms with Crippen LogP contribution in [0.1, 0.15) is 24.6 Å². The average molecular weight is 224 g/mol. The Hall–Kier alpha value is -1.96. The van der Waals surface area contributed by atoms with Crippen LogP contribution >= 0.6 is 0 Å². The lowest BCUT2D eigenvalue weighted by atomic mass is 10.1. The Morgan fingerprint density at radius 1 is 1.24 bits per heavy atom. The Kier molecular flexibility index (Phi) is 3.66. The highest BCUT2D eigenvalue weighted by Gasteiger charge is 2.01. The molecular weight excluding hydrogens is 208 g/mol. The molecule has 0 aliphatic rings. The summed E-state index contributed by atoms with van der Waals surface area (Å²) in [5.41, 5.74) is 4.45. The molecule has 0 unspecified atom stereocenters. The summed E-state index contributed by atoms with van der Waals surface area (Å²) in [6, 6.07) is 6.15. The highest BCUT2D eigenvalue weighted by atomic mass is 14.7.